The summed E-state index contributed by atoms with van der Waals surface area (Å²) >= 11 is 1.52. The van der Waals surface area contributed by atoms with E-state index in [9.17, 15) is 9.90 Å². The summed E-state index contributed by atoms with van der Waals surface area (Å²) in [7, 11) is 0. The Morgan fingerprint density at radius 1 is 1.44 bits per heavy atom. The highest BCUT2D eigenvalue weighted by Crippen LogP contribution is 2.41. The van der Waals surface area contributed by atoms with Crippen molar-refractivity contribution in [2.45, 2.75) is 23.3 Å². The fraction of sp³-hybridized carbons (Fsp3) is 0.417. The third kappa shape index (κ3) is 2.39. The molecule has 16 heavy (non-hydrogen) atoms. The van der Waals surface area contributed by atoms with E-state index in [2.05, 4.69) is 0 Å². The summed E-state index contributed by atoms with van der Waals surface area (Å²) < 4.78 is 0. The van der Waals surface area contributed by atoms with Crippen LogP contribution in [-0.2, 0) is 4.79 Å². The number of aliphatic carboxylic acids is 1. The van der Waals surface area contributed by atoms with Crippen LogP contribution in [0.2, 0.25) is 0 Å². The highest BCUT2D eigenvalue weighted by Gasteiger charge is 2.48. The average Bonchev–Trinajstić information content (AvgIpc) is 3.11. The number of thioether (sulfide) groups is 1. The van der Waals surface area contributed by atoms with E-state index in [-0.39, 0.29) is 5.92 Å². The van der Waals surface area contributed by atoms with E-state index in [1.165, 1.54) is 11.8 Å². The lowest BCUT2D eigenvalue weighted by Gasteiger charge is -2.23. The van der Waals surface area contributed by atoms with Crippen molar-refractivity contribution < 1.29 is 9.90 Å². The number of hydrogen-bond donors (Lipinski definition) is 2. The van der Waals surface area contributed by atoms with Gasteiger partial charge in [0.15, 0.2) is 0 Å². The minimum absolute atomic E-state index is 0.154. The molecule has 0 saturated heterocycles. The molecule has 3 N–H and O–H groups in total. The Morgan fingerprint density at radius 2 is 2.06 bits per heavy atom. The van der Waals surface area contributed by atoms with Gasteiger partial charge in [0.05, 0.1) is 0 Å². The lowest BCUT2D eigenvalue weighted by molar-refractivity contribution is -0.143. The Morgan fingerprint density at radius 3 is 2.56 bits per heavy atom. The summed E-state index contributed by atoms with van der Waals surface area (Å²) in [6.45, 7) is 0. The molecule has 1 atom stereocenters. The van der Waals surface area contributed by atoms with Crippen LogP contribution < -0.4 is 5.73 Å². The molecule has 86 valence electrons. The topological polar surface area (TPSA) is 63.3 Å². The molecule has 1 aliphatic carbocycles. The molecule has 0 radical (unpaired) electrons. The molecule has 2 rings (SSSR count). The van der Waals surface area contributed by atoms with Gasteiger partial charge in [0.25, 0.3) is 0 Å². The van der Waals surface area contributed by atoms with Crippen LogP contribution in [-0.4, -0.2) is 22.4 Å². The van der Waals surface area contributed by atoms with Crippen LogP contribution in [0.1, 0.15) is 12.8 Å². The van der Waals surface area contributed by atoms with Gasteiger partial charge in [-0.15, -0.1) is 11.8 Å². The lowest BCUT2D eigenvalue weighted by Crippen LogP contribution is -2.52. The van der Waals surface area contributed by atoms with Crippen molar-refractivity contribution in [2.24, 2.45) is 11.7 Å². The van der Waals surface area contributed by atoms with E-state index in [0.29, 0.717) is 5.75 Å². The quantitative estimate of drug-likeness (QED) is 0.769. The third-order valence-electron chi connectivity index (χ3n) is 2.92. The van der Waals surface area contributed by atoms with E-state index in [4.69, 9.17) is 5.73 Å². The molecule has 0 amide bonds. The number of carbonyl (C=O) groups is 1. The van der Waals surface area contributed by atoms with E-state index >= 15 is 0 Å². The van der Waals surface area contributed by atoms with Crippen LogP contribution in [0.4, 0.5) is 0 Å². The maximum atomic E-state index is 11.2. The largest absolute Gasteiger partial charge is 0.480 e. The molecule has 0 aromatic heterocycles. The zero-order valence-corrected chi connectivity index (χ0v) is 9.74. The smallest absolute Gasteiger partial charge is 0.324 e. The van der Waals surface area contributed by atoms with Crippen molar-refractivity contribution >= 4 is 17.7 Å². The van der Waals surface area contributed by atoms with Gasteiger partial charge in [-0.05, 0) is 30.9 Å². The zero-order valence-electron chi connectivity index (χ0n) is 8.93. The number of rotatable bonds is 5. The summed E-state index contributed by atoms with van der Waals surface area (Å²) in [5.74, 6) is -0.281. The number of benzene rings is 1. The first-order chi connectivity index (χ1) is 7.63. The third-order valence-corrected chi connectivity index (χ3v) is 4.15. The molecule has 1 aromatic carbocycles. The highest BCUT2D eigenvalue weighted by molar-refractivity contribution is 7.99. The predicted molar refractivity (Wildman–Crippen MR) is 64.4 cm³/mol. The van der Waals surface area contributed by atoms with Crippen molar-refractivity contribution in [3.8, 4) is 0 Å². The maximum absolute atomic E-state index is 11.2. The Balaban J connectivity index is 2.00. The molecule has 1 unspecified atom stereocenters. The maximum Gasteiger partial charge on any atom is 0.324 e. The number of hydrogen-bond acceptors (Lipinski definition) is 3. The first-order valence-corrected chi connectivity index (χ1v) is 6.31. The minimum atomic E-state index is -1.06. The molecule has 1 aromatic rings. The molecule has 3 nitrogen and oxygen atoms in total. The fourth-order valence-electron chi connectivity index (χ4n) is 1.67. The molecule has 1 fully saturated rings. The van der Waals surface area contributed by atoms with E-state index < -0.39 is 11.5 Å². The van der Waals surface area contributed by atoms with Gasteiger partial charge in [0.2, 0.25) is 0 Å². The normalized spacial score (nSPS) is 19.1. The van der Waals surface area contributed by atoms with Gasteiger partial charge in [-0.25, -0.2) is 0 Å². The van der Waals surface area contributed by atoms with Crippen LogP contribution in [0.15, 0.2) is 35.2 Å². The lowest BCUT2D eigenvalue weighted by atomic mass is 9.98. The van der Waals surface area contributed by atoms with E-state index in [1.54, 1.807) is 0 Å². The Kier molecular flexibility index (Phi) is 3.21. The van der Waals surface area contributed by atoms with Gasteiger partial charge >= 0.3 is 5.97 Å². The van der Waals surface area contributed by atoms with Crippen LogP contribution in [0.5, 0.6) is 0 Å². The predicted octanol–water partition coefficient (Wildman–Crippen LogP) is 1.97. The van der Waals surface area contributed by atoms with Gasteiger partial charge in [-0.3, -0.25) is 4.79 Å². The summed E-state index contributed by atoms with van der Waals surface area (Å²) in [5, 5.41) is 9.18. The molecule has 0 bridgehead atoms. The molecular weight excluding hydrogens is 222 g/mol. The second kappa shape index (κ2) is 4.47. The number of nitrogens with two attached hydrogens (primary N) is 1. The first kappa shape index (κ1) is 11.5. The van der Waals surface area contributed by atoms with E-state index in [0.717, 1.165) is 17.7 Å². The second-order valence-electron chi connectivity index (χ2n) is 4.22. The Hall–Kier alpha value is -1.00. The van der Waals surface area contributed by atoms with Crippen molar-refractivity contribution in [1.82, 2.24) is 0 Å². The molecule has 4 heteroatoms. The summed E-state index contributed by atoms with van der Waals surface area (Å²) in [6.07, 6.45) is 1.89. The molecule has 1 aliphatic rings. The number of carboxylic acids is 1. The zero-order chi connectivity index (χ0) is 11.6. The molecular formula is C12H15NO2S. The standard InChI is InChI=1S/C12H15NO2S/c13-12(11(14)15,9-6-7-9)8-16-10-4-2-1-3-5-10/h1-5,9H,6-8,13H2,(H,14,15). The highest BCUT2D eigenvalue weighted by atomic mass is 32.2. The van der Waals surface area contributed by atoms with Gasteiger partial charge in [-0.1, -0.05) is 18.2 Å². The van der Waals surface area contributed by atoms with Gasteiger partial charge in [0, 0.05) is 10.6 Å². The Bertz CT molecular complexity index is 378. The van der Waals surface area contributed by atoms with Crippen molar-refractivity contribution in [3.05, 3.63) is 30.3 Å². The van der Waals surface area contributed by atoms with Crippen LogP contribution in [0.25, 0.3) is 0 Å². The Labute approximate surface area is 99.0 Å². The van der Waals surface area contributed by atoms with Gasteiger partial charge < -0.3 is 10.8 Å². The summed E-state index contributed by atoms with van der Waals surface area (Å²) in [6, 6.07) is 9.77. The molecule has 1 saturated carbocycles. The monoisotopic (exact) mass is 237 g/mol. The second-order valence-corrected chi connectivity index (χ2v) is 5.27. The number of carboxylic acid groups (broad SMARTS) is 1. The van der Waals surface area contributed by atoms with Crippen LogP contribution in [0, 0.1) is 5.92 Å². The minimum Gasteiger partial charge on any atom is -0.480 e. The molecule has 0 spiro atoms. The average molecular weight is 237 g/mol. The van der Waals surface area contributed by atoms with E-state index in [1.807, 2.05) is 30.3 Å². The van der Waals surface area contributed by atoms with Crippen molar-refractivity contribution in [2.75, 3.05) is 5.75 Å². The van der Waals surface area contributed by atoms with Gasteiger partial charge in [-0.2, -0.15) is 0 Å². The van der Waals surface area contributed by atoms with Crippen LogP contribution >= 0.6 is 11.8 Å². The summed E-state index contributed by atoms with van der Waals surface area (Å²) in [4.78, 5) is 12.3. The van der Waals surface area contributed by atoms with Crippen molar-refractivity contribution in [3.63, 3.8) is 0 Å². The van der Waals surface area contributed by atoms with Crippen LogP contribution in [0.3, 0.4) is 0 Å². The van der Waals surface area contributed by atoms with Gasteiger partial charge in [0.1, 0.15) is 5.54 Å². The fourth-order valence-corrected chi connectivity index (χ4v) is 2.79. The van der Waals surface area contributed by atoms with Crippen molar-refractivity contribution in [1.29, 1.82) is 0 Å². The molecule has 0 aliphatic heterocycles. The molecule has 0 heterocycles. The summed E-state index contributed by atoms with van der Waals surface area (Å²) in [5.41, 5.74) is 4.92. The SMILES string of the molecule is NC(CSc1ccccc1)(C(=O)O)C1CC1. The first-order valence-electron chi connectivity index (χ1n) is 5.33.